The topological polar surface area (TPSA) is 80.3 Å². The van der Waals surface area contributed by atoms with Gasteiger partial charge in [0.05, 0.1) is 19.3 Å². The van der Waals surface area contributed by atoms with Gasteiger partial charge in [-0.1, -0.05) is 11.6 Å². The summed E-state index contributed by atoms with van der Waals surface area (Å²) >= 11 is 0. The maximum absolute atomic E-state index is 14.4. The molecule has 1 aromatic rings. The van der Waals surface area contributed by atoms with Crippen LogP contribution in [0.2, 0.25) is 0 Å². The van der Waals surface area contributed by atoms with Gasteiger partial charge in [0.2, 0.25) is 0 Å². The molecule has 3 aliphatic heterocycles. The number of carbonyl (C=O) groups is 1. The van der Waals surface area contributed by atoms with Gasteiger partial charge in [-0.3, -0.25) is 9.69 Å². The van der Waals surface area contributed by atoms with Gasteiger partial charge >= 0.3 is 5.97 Å². The molecule has 0 aromatic heterocycles. The Balaban J connectivity index is 1.31. The van der Waals surface area contributed by atoms with Crippen molar-refractivity contribution in [3.8, 4) is 0 Å². The molecule has 3 heterocycles. The van der Waals surface area contributed by atoms with E-state index in [0.717, 1.165) is 69.1 Å². The summed E-state index contributed by atoms with van der Waals surface area (Å²) in [5.41, 5.74) is 6.32. The minimum absolute atomic E-state index is 0.0381. The number of unbranched alkanes of at least 4 members (excludes halogenated alkanes) is 1. The molecule has 238 valence electrons. The van der Waals surface area contributed by atoms with E-state index >= 15 is 0 Å². The molecule has 1 aromatic carbocycles. The number of likely N-dealkylation sites (tertiary alicyclic amines) is 1. The Morgan fingerprint density at radius 3 is 2.72 bits per heavy atom. The number of allylic oxidation sites excluding steroid dienone is 5. The summed E-state index contributed by atoms with van der Waals surface area (Å²) in [4.78, 5) is 14.4. The second kappa shape index (κ2) is 15.9. The molecular weight excluding hydrogens is 547 g/mol. The van der Waals surface area contributed by atoms with E-state index in [1.54, 1.807) is 13.2 Å². The number of nitrogens with zero attached hydrogens (tertiary/aromatic N) is 1. The van der Waals surface area contributed by atoms with Crippen molar-refractivity contribution < 1.29 is 28.5 Å². The first-order chi connectivity index (χ1) is 20.7. The number of benzene rings is 1. The zero-order valence-corrected chi connectivity index (χ0v) is 26.7. The van der Waals surface area contributed by atoms with Crippen LogP contribution in [0, 0.1) is 5.82 Å². The fourth-order valence-corrected chi connectivity index (χ4v) is 6.62. The van der Waals surface area contributed by atoms with Crippen molar-refractivity contribution in [2.45, 2.75) is 110 Å². The highest BCUT2D eigenvalue weighted by atomic mass is 19.1. The molecule has 0 amide bonds. The monoisotopic (exact) mass is 598 g/mol. The minimum atomic E-state index is -0.967. The van der Waals surface area contributed by atoms with Gasteiger partial charge in [0.25, 0.3) is 0 Å². The first-order valence-corrected chi connectivity index (χ1v) is 16.1. The first-order valence-electron chi connectivity index (χ1n) is 16.1. The number of rotatable bonds is 13. The zero-order valence-electron chi connectivity index (χ0n) is 26.7. The van der Waals surface area contributed by atoms with Crippen LogP contribution >= 0.6 is 0 Å². The maximum atomic E-state index is 14.4. The highest BCUT2D eigenvalue weighted by molar-refractivity contribution is 5.76. The summed E-state index contributed by atoms with van der Waals surface area (Å²) in [5.74, 6) is -0.446. The van der Waals surface area contributed by atoms with Crippen LogP contribution in [0.15, 0.2) is 52.5 Å². The van der Waals surface area contributed by atoms with Crippen LogP contribution in [0.3, 0.4) is 0 Å². The number of nitrogens with one attached hydrogen (secondary N) is 1. The average Bonchev–Trinajstić information content (AvgIpc) is 3.43. The molecule has 2 N–H and O–H groups in total. The molecule has 4 atom stereocenters. The Labute approximate surface area is 257 Å². The quantitative estimate of drug-likeness (QED) is 0.139. The van der Waals surface area contributed by atoms with E-state index in [9.17, 15) is 14.3 Å². The number of halogens is 1. The molecule has 7 nitrogen and oxygen atoms in total. The average molecular weight is 599 g/mol. The predicted octanol–water partition coefficient (Wildman–Crippen LogP) is 7.37. The van der Waals surface area contributed by atoms with Crippen molar-refractivity contribution in [1.29, 1.82) is 0 Å². The van der Waals surface area contributed by atoms with Gasteiger partial charge in [-0.25, -0.2) is 4.39 Å². The van der Waals surface area contributed by atoms with Crippen LogP contribution in [-0.4, -0.2) is 61.5 Å². The van der Waals surface area contributed by atoms with Gasteiger partial charge in [-0.05, 0) is 120 Å². The summed E-state index contributed by atoms with van der Waals surface area (Å²) in [7, 11) is 1.75. The number of methoxy groups -OCH3 is 1. The van der Waals surface area contributed by atoms with Gasteiger partial charge in [-0.15, -0.1) is 0 Å². The van der Waals surface area contributed by atoms with Gasteiger partial charge in [-0.2, -0.15) is 0 Å². The van der Waals surface area contributed by atoms with Crippen LogP contribution in [-0.2, 0) is 19.0 Å². The summed E-state index contributed by atoms with van der Waals surface area (Å²) in [5, 5.41) is 13.8. The molecule has 2 saturated heterocycles. The Morgan fingerprint density at radius 1 is 1.23 bits per heavy atom. The molecule has 4 unspecified atom stereocenters. The maximum Gasteiger partial charge on any atom is 0.325 e. The fraction of sp³-hybridized carbons (Fsp3) is 0.629. The van der Waals surface area contributed by atoms with Crippen LogP contribution in [0.1, 0.15) is 109 Å². The number of hydrogen-bond acceptors (Lipinski definition) is 6. The van der Waals surface area contributed by atoms with Crippen LogP contribution in [0.5, 0.6) is 0 Å². The van der Waals surface area contributed by atoms with E-state index in [1.807, 2.05) is 4.90 Å². The normalized spacial score (nSPS) is 24.0. The Bertz CT molecular complexity index is 1200. The number of ether oxygens (including phenoxy) is 3. The molecule has 8 heteroatoms. The molecule has 4 rings (SSSR count). The van der Waals surface area contributed by atoms with Crippen molar-refractivity contribution in [2.24, 2.45) is 0 Å². The number of carboxylic acid groups (broad SMARTS) is 1. The van der Waals surface area contributed by atoms with Gasteiger partial charge in [0.15, 0.2) is 0 Å². The third-order valence-electron chi connectivity index (χ3n) is 9.05. The third-order valence-corrected chi connectivity index (χ3v) is 9.05. The summed E-state index contributed by atoms with van der Waals surface area (Å²) in [6.45, 7) is 11.0. The molecule has 3 aliphatic rings. The fourth-order valence-electron chi connectivity index (χ4n) is 6.62. The Kier molecular flexibility index (Phi) is 12.3. The lowest BCUT2D eigenvalue weighted by molar-refractivity contribution is -0.143. The standard InChI is InChI=1S/C35H51FN2O5/c1-23(2)26(20-33(41-5)29-14-12-24(3)37-25(29)4)10-6-8-18-42-28-16-17-38(22-28)34(35(39)40)31-21-27(36)13-15-30(31)32-11-7-9-19-43-32/h13,15,20-21,24,28,32,34,37H,6-12,14,16-19,22H2,1-5H3,(H,39,40)/b33-20+. The zero-order chi connectivity index (χ0) is 30.9. The van der Waals surface area contributed by atoms with Crippen LogP contribution in [0.25, 0.3) is 0 Å². The third kappa shape index (κ3) is 8.93. The van der Waals surface area contributed by atoms with Gasteiger partial charge < -0.3 is 24.6 Å². The molecule has 43 heavy (non-hydrogen) atoms. The van der Waals surface area contributed by atoms with Crippen molar-refractivity contribution in [2.75, 3.05) is 33.4 Å². The lowest BCUT2D eigenvalue weighted by atomic mass is 9.92. The van der Waals surface area contributed by atoms with Crippen LogP contribution < -0.4 is 5.32 Å². The van der Waals surface area contributed by atoms with Gasteiger partial charge in [0.1, 0.15) is 17.6 Å². The van der Waals surface area contributed by atoms with E-state index in [1.165, 1.54) is 34.5 Å². The van der Waals surface area contributed by atoms with E-state index in [2.05, 4.69) is 39.1 Å². The highest BCUT2D eigenvalue weighted by Gasteiger charge is 2.36. The molecule has 0 bridgehead atoms. The van der Waals surface area contributed by atoms with E-state index in [0.29, 0.717) is 37.9 Å². The lowest BCUT2D eigenvalue weighted by Crippen LogP contribution is -2.34. The largest absolute Gasteiger partial charge is 0.496 e. The minimum Gasteiger partial charge on any atom is -0.496 e. The second-order valence-corrected chi connectivity index (χ2v) is 12.5. The Morgan fingerprint density at radius 2 is 2.05 bits per heavy atom. The van der Waals surface area contributed by atoms with Crippen LogP contribution in [0.4, 0.5) is 4.39 Å². The predicted molar refractivity (Wildman–Crippen MR) is 167 cm³/mol. The van der Waals surface area contributed by atoms with Crippen molar-refractivity contribution in [1.82, 2.24) is 10.2 Å². The summed E-state index contributed by atoms with van der Waals surface area (Å²) < 4.78 is 32.4. The number of carboxylic acids is 1. The molecule has 0 aliphatic carbocycles. The molecule has 0 radical (unpaired) electrons. The SMILES string of the molecule is CO/C(=C/C(CCCCOC1CCN(C(C(=O)O)c2cc(F)ccc2C2CCCCO2)C1)=C(C)C)C1=C(C)NC(C)CC1. The van der Waals surface area contributed by atoms with E-state index in [4.69, 9.17) is 14.2 Å². The first kappa shape index (κ1) is 33.2. The van der Waals surface area contributed by atoms with E-state index < -0.39 is 17.8 Å². The molecule has 0 spiro atoms. The molecular formula is C35H51FN2O5. The highest BCUT2D eigenvalue weighted by Crippen LogP contribution is 2.37. The van der Waals surface area contributed by atoms with E-state index in [-0.39, 0.29) is 12.2 Å². The number of hydrogen-bond donors (Lipinski definition) is 2. The number of aliphatic carboxylic acids is 1. The smallest absolute Gasteiger partial charge is 0.325 e. The molecule has 0 saturated carbocycles. The second-order valence-electron chi connectivity index (χ2n) is 12.5. The summed E-state index contributed by atoms with van der Waals surface area (Å²) in [6.07, 6.45) is 10.5. The van der Waals surface area contributed by atoms with Crippen molar-refractivity contribution in [3.63, 3.8) is 0 Å². The lowest BCUT2D eigenvalue weighted by Gasteiger charge is -2.30. The van der Waals surface area contributed by atoms with Gasteiger partial charge in [0, 0.05) is 43.6 Å². The summed E-state index contributed by atoms with van der Waals surface area (Å²) in [6, 6.07) is 4.06. The van der Waals surface area contributed by atoms with Crippen molar-refractivity contribution in [3.05, 3.63) is 69.4 Å². The van der Waals surface area contributed by atoms with Crippen molar-refractivity contribution >= 4 is 5.97 Å². The Hall–Kier alpha value is -2.68. The molecule has 2 fully saturated rings.